The molecule has 5 nitrogen and oxygen atoms in total. The molecule has 0 unspecified atom stereocenters. The maximum atomic E-state index is 13.6. The molecule has 0 saturated carbocycles. The lowest BCUT2D eigenvalue weighted by molar-refractivity contribution is -0.137. The van der Waals surface area contributed by atoms with Gasteiger partial charge in [0.1, 0.15) is 0 Å². The zero-order valence-electron chi connectivity index (χ0n) is 16.4. The van der Waals surface area contributed by atoms with Crippen molar-refractivity contribution in [2.45, 2.75) is 39.1 Å². The van der Waals surface area contributed by atoms with E-state index < -0.39 is 27.7 Å². The predicted octanol–water partition coefficient (Wildman–Crippen LogP) is 4.72. The standard InChI is InChI=1S/C20H23F3N2O3S/c1-4-11-25(15(3)26)19-10-9-17(12-18(19)20(21,22)23)24-29(27,28)13-16-7-5-14(2)6-8-16/h5-10,12,24H,4,11,13H2,1-3H3. The second-order valence-corrected chi connectivity index (χ2v) is 8.47. The fourth-order valence-corrected chi connectivity index (χ4v) is 4.04. The summed E-state index contributed by atoms with van der Waals surface area (Å²) < 4.78 is 67.8. The smallest absolute Gasteiger partial charge is 0.312 e. The van der Waals surface area contributed by atoms with Crippen molar-refractivity contribution in [1.29, 1.82) is 0 Å². The highest BCUT2D eigenvalue weighted by Gasteiger charge is 2.36. The summed E-state index contributed by atoms with van der Waals surface area (Å²) in [6, 6.07) is 9.86. The van der Waals surface area contributed by atoms with Crippen molar-refractivity contribution in [1.82, 2.24) is 0 Å². The fraction of sp³-hybridized carbons (Fsp3) is 0.350. The lowest BCUT2D eigenvalue weighted by atomic mass is 10.1. The molecule has 0 heterocycles. The minimum Gasteiger partial charge on any atom is -0.312 e. The number of hydrogen-bond acceptors (Lipinski definition) is 3. The highest BCUT2D eigenvalue weighted by molar-refractivity contribution is 7.91. The zero-order chi connectivity index (χ0) is 21.8. The van der Waals surface area contributed by atoms with Crippen LogP contribution in [-0.2, 0) is 26.7 Å². The number of nitrogens with zero attached hydrogens (tertiary/aromatic N) is 1. The summed E-state index contributed by atoms with van der Waals surface area (Å²) in [6.07, 6.45) is -4.28. The van der Waals surface area contributed by atoms with Gasteiger partial charge in [0.25, 0.3) is 0 Å². The minimum absolute atomic E-state index is 0.122. The molecule has 0 radical (unpaired) electrons. The van der Waals surface area contributed by atoms with Crippen molar-refractivity contribution in [3.63, 3.8) is 0 Å². The molecule has 29 heavy (non-hydrogen) atoms. The zero-order valence-corrected chi connectivity index (χ0v) is 17.2. The van der Waals surface area contributed by atoms with Gasteiger partial charge in [-0.05, 0) is 37.1 Å². The summed E-state index contributed by atoms with van der Waals surface area (Å²) in [7, 11) is -3.92. The van der Waals surface area contributed by atoms with Gasteiger partial charge < -0.3 is 4.90 Å². The number of aryl methyl sites for hydroxylation is 1. The Morgan fingerprint density at radius 2 is 1.72 bits per heavy atom. The molecule has 0 spiro atoms. The van der Waals surface area contributed by atoms with Crippen LogP contribution in [0, 0.1) is 6.92 Å². The van der Waals surface area contributed by atoms with Crippen LogP contribution >= 0.6 is 0 Å². The number of carbonyl (C=O) groups excluding carboxylic acids is 1. The molecule has 0 bridgehead atoms. The molecule has 9 heteroatoms. The number of benzene rings is 2. The van der Waals surface area contributed by atoms with Gasteiger partial charge in [-0.15, -0.1) is 0 Å². The number of nitrogens with one attached hydrogen (secondary N) is 1. The minimum atomic E-state index is -4.75. The molecule has 0 saturated heterocycles. The van der Waals surface area contributed by atoms with Gasteiger partial charge in [-0.2, -0.15) is 13.2 Å². The van der Waals surface area contributed by atoms with Crippen LogP contribution in [0.1, 0.15) is 37.0 Å². The average Bonchev–Trinajstić information content (AvgIpc) is 2.60. The molecular formula is C20H23F3N2O3S. The summed E-state index contributed by atoms with van der Waals surface area (Å²) in [6.45, 7) is 4.92. The van der Waals surface area contributed by atoms with Crippen LogP contribution in [0.15, 0.2) is 42.5 Å². The molecule has 0 aliphatic heterocycles. The average molecular weight is 428 g/mol. The lowest BCUT2D eigenvalue weighted by Crippen LogP contribution is -2.31. The van der Waals surface area contributed by atoms with E-state index in [1.54, 1.807) is 31.2 Å². The third-order valence-corrected chi connectivity index (χ3v) is 5.43. The number of hydrogen-bond donors (Lipinski definition) is 1. The van der Waals surface area contributed by atoms with Gasteiger partial charge in [0.05, 0.1) is 17.0 Å². The molecule has 0 atom stereocenters. The van der Waals surface area contributed by atoms with Gasteiger partial charge in [0.2, 0.25) is 15.9 Å². The van der Waals surface area contributed by atoms with Crippen molar-refractivity contribution >= 4 is 27.3 Å². The number of halogens is 3. The Morgan fingerprint density at radius 1 is 1.10 bits per heavy atom. The van der Waals surface area contributed by atoms with Crippen LogP contribution in [-0.4, -0.2) is 20.9 Å². The van der Waals surface area contributed by atoms with Crippen LogP contribution < -0.4 is 9.62 Å². The van der Waals surface area contributed by atoms with Crippen molar-refractivity contribution in [3.05, 3.63) is 59.2 Å². The van der Waals surface area contributed by atoms with E-state index in [4.69, 9.17) is 0 Å². The first-order valence-corrected chi connectivity index (χ1v) is 10.6. The summed E-state index contributed by atoms with van der Waals surface area (Å²) >= 11 is 0. The fourth-order valence-electron chi connectivity index (χ4n) is 2.85. The highest BCUT2D eigenvalue weighted by Crippen LogP contribution is 2.38. The van der Waals surface area contributed by atoms with Crippen molar-refractivity contribution in [2.75, 3.05) is 16.2 Å². The van der Waals surface area contributed by atoms with E-state index in [0.717, 1.165) is 16.5 Å². The van der Waals surface area contributed by atoms with Gasteiger partial charge in [0, 0.05) is 19.2 Å². The maximum absolute atomic E-state index is 13.6. The quantitative estimate of drug-likeness (QED) is 0.694. The van der Waals surface area contributed by atoms with Crippen LogP contribution in [0.2, 0.25) is 0 Å². The molecule has 0 aromatic heterocycles. The number of carbonyl (C=O) groups is 1. The molecule has 158 valence electrons. The van der Waals surface area contributed by atoms with Crippen LogP contribution in [0.25, 0.3) is 0 Å². The van der Waals surface area contributed by atoms with Crippen LogP contribution in [0.4, 0.5) is 24.5 Å². The van der Waals surface area contributed by atoms with E-state index in [1.165, 1.54) is 13.0 Å². The molecule has 0 fully saturated rings. The van der Waals surface area contributed by atoms with E-state index >= 15 is 0 Å². The van der Waals surface area contributed by atoms with E-state index in [2.05, 4.69) is 4.72 Å². The Morgan fingerprint density at radius 3 is 2.24 bits per heavy atom. The number of amides is 1. The molecule has 2 aromatic rings. The first kappa shape index (κ1) is 22.7. The normalized spacial score (nSPS) is 11.9. The maximum Gasteiger partial charge on any atom is 0.418 e. The van der Waals surface area contributed by atoms with Crippen molar-refractivity contribution in [3.8, 4) is 0 Å². The topological polar surface area (TPSA) is 66.5 Å². The number of sulfonamides is 1. The van der Waals surface area contributed by atoms with Gasteiger partial charge >= 0.3 is 6.18 Å². The van der Waals surface area contributed by atoms with Gasteiger partial charge in [-0.1, -0.05) is 36.8 Å². The van der Waals surface area contributed by atoms with Gasteiger partial charge in [-0.3, -0.25) is 9.52 Å². The van der Waals surface area contributed by atoms with Crippen molar-refractivity contribution < 1.29 is 26.4 Å². The van der Waals surface area contributed by atoms with Crippen molar-refractivity contribution in [2.24, 2.45) is 0 Å². The van der Waals surface area contributed by atoms with E-state index in [0.29, 0.717) is 18.1 Å². The SMILES string of the molecule is CCCN(C(C)=O)c1ccc(NS(=O)(=O)Cc2ccc(C)cc2)cc1C(F)(F)F. The number of alkyl halides is 3. The van der Waals surface area contributed by atoms with Gasteiger partial charge in [-0.25, -0.2) is 8.42 Å². The monoisotopic (exact) mass is 428 g/mol. The van der Waals surface area contributed by atoms with Gasteiger partial charge in [0.15, 0.2) is 0 Å². The summed E-state index contributed by atoms with van der Waals surface area (Å²) in [5, 5.41) is 0. The first-order valence-electron chi connectivity index (χ1n) is 8.98. The number of anilines is 2. The van der Waals surface area contributed by atoms with Crippen LogP contribution in [0.5, 0.6) is 0 Å². The molecule has 2 aromatic carbocycles. The Bertz CT molecular complexity index is 971. The molecule has 1 N–H and O–H groups in total. The van der Waals surface area contributed by atoms with E-state index in [1.807, 2.05) is 6.92 Å². The van der Waals surface area contributed by atoms with E-state index in [9.17, 15) is 26.4 Å². The van der Waals surface area contributed by atoms with E-state index in [-0.39, 0.29) is 23.7 Å². The second kappa shape index (κ2) is 8.86. The summed E-state index contributed by atoms with van der Waals surface area (Å²) in [5.41, 5.74) is -0.105. The molecule has 2 rings (SSSR count). The first-order chi connectivity index (χ1) is 13.4. The Labute approximate surface area is 168 Å². The van der Waals surface area contributed by atoms with Crippen LogP contribution in [0.3, 0.4) is 0 Å². The predicted molar refractivity (Wildman–Crippen MR) is 107 cm³/mol. The molecular weight excluding hydrogens is 405 g/mol. The Kier molecular flexibility index (Phi) is 6.94. The molecule has 0 aliphatic carbocycles. The Hall–Kier alpha value is -2.55. The number of rotatable bonds is 7. The largest absolute Gasteiger partial charge is 0.418 e. The second-order valence-electron chi connectivity index (χ2n) is 6.75. The third-order valence-electron chi connectivity index (χ3n) is 4.17. The molecule has 1 amide bonds. The summed E-state index contributed by atoms with van der Waals surface area (Å²) in [4.78, 5) is 12.8. The highest BCUT2D eigenvalue weighted by atomic mass is 32.2. The summed E-state index contributed by atoms with van der Waals surface area (Å²) in [5.74, 6) is -0.892. The Balaban J connectivity index is 2.36. The third kappa shape index (κ3) is 6.22. The lowest BCUT2D eigenvalue weighted by Gasteiger charge is -2.25. The molecule has 0 aliphatic rings.